The second-order valence-electron chi connectivity index (χ2n) is 3.09. The molecule has 13 heavy (non-hydrogen) atoms. The van der Waals surface area contributed by atoms with Crippen LogP contribution in [0.1, 0.15) is 18.6 Å². The molecule has 0 unspecified atom stereocenters. The van der Waals surface area contributed by atoms with E-state index in [4.69, 9.17) is 11.5 Å². The Kier molecular flexibility index (Phi) is 2.75. The van der Waals surface area contributed by atoms with Crippen LogP contribution in [0, 0.1) is 0 Å². The van der Waals surface area contributed by atoms with Crippen LogP contribution in [0.15, 0.2) is 18.2 Å². The number of hydrogen-bond acceptors (Lipinski definition) is 4. The molecule has 0 saturated carbocycles. The number of phenolic OH excluding ortho intramolecular Hbond substituents is 1. The summed E-state index contributed by atoms with van der Waals surface area (Å²) >= 11 is 0. The van der Waals surface area contributed by atoms with Gasteiger partial charge in [-0.1, -0.05) is 12.1 Å². The van der Waals surface area contributed by atoms with Crippen LogP contribution in [0.5, 0.6) is 5.75 Å². The Morgan fingerprint density at radius 1 is 1.38 bits per heavy atom. The van der Waals surface area contributed by atoms with Crippen LogP contribution >= 0.6 is 0 Å². The predicted octanol–water partition coefficient (Wildman–Crippen LogP) is 0.355. The zero-order valence-electron chi connectivity index (χ0n) is 7.44. The molecule has 0 heterocycles. The molecular weight excluding hydrogens is 168 g/mol. The summed E-state index contributed by atoms with van der Waals surface area (Å²) in [5.41, 5.74) is 11.6. The molecule has 4 nitrogen and oxygen atoms in total. The fraction of sp³-hybridized carbons (Fsp3) is 0.333. The molecule has 0 fully saturated rings. The summed E-state index contributed by atoms with van der Waals surface area (Å²) in [6.07, 6.45) is -0.886. The van der Waals surface area contributed by atoms with Crippen molar-refractivity contribution in [2.45, 2.75) is 19.1 Å². The van der Waals surface area contributed by atoms with Crippen molar-refractivity contribution in [2.75, 3.05) is 5.73 Å². The minimum absolute atomic E-state index is 0.0905. The second kappa shape index (κ2) is 3.64. The fourth-order valence-corrected chi connectivity index (χ4v) is 1.10. The zero-order valence-corrected chi connectivity index (χ0v) is 7.44. The van der Waals surface area contributed by atoms with Crippen molar-refractivity contribution in [3.05, 3.63) is 23.8 Å². The Hall–Kier alpha value is -1.26. The Balaban J connectivity index is 3.07. The summed E-state index contributed by atoms with van der Waals surface area (Å²) in [6, 6.07) is 4.38. The van der Waals surface area contributed by atoms with E-state index >= 15 is 0 Å². The lowest BCUT2D eigenvalue weighted by molar-refractivity contribution is 0.150. The highest BCUT2D eigenvalue weighted by Crippen LogP contribution is 2.30. The number of para-hydroxylation sites is 1. The summed E-state index contributed by atoms with van der Waals surface area (Å²) in [5, 5.41) is 19.0. The summed E-state index contributed by atoms with van der Waals surface area (Å²) in [7, 11) is 0. The summed E-state index contributed by atoms with van der Waals surface area (Å²) in [5.74, 6) is -0.0905. The first-order valence-electron chi connectivity index (χ1n) is 4.05. The maximum absolute atomic E-state index is 9.56. The maximum Gasteiger partial charge on any atom is 0.144 e. The third kappa shape index (κ3) is 1.91. The molecule has 0 bridgehead atoms. The van der Waals surface area contributed by atoms with Crippen molar-refractivity contribution in [3.63, 3.8) is 0 Å². The Bertz CT molecular complexity index is 300. The van der Waals surface area contributed by atoms with Crippen LogP contribution in [0.4, 0.5) is 5.69 Å². The van der Waals surface area contributed by atoms with Crippen LogP contribution < -0.4 is 11.5 Å². The Morgan fingerprint density at radius 3 is 2.54 bits per heavy atom. The quantitative estimate of drug-likeness (QED) is 0.392. The fourth-order valence-electron chi connectivity index (χ4n) is 1.10. The van der Waals surface area contributed by atoms with Gasteiger partial charge in [-0.3, -0.25) is 0 Å². The largest absolute Gasteiger partial charge is 0.505 e. The van der Waals surface area contributed by atoms with Gasteiger partial charge in [0.05, 0.1) is 11.8 Å². The molecule has 0 aliphatic carbocycles. The van der Waals surface area contributed by atoms with Gasteiger partial charge in [-0.05, 0) is 13.0 Å². The lowest BCUT2D eigenvalue weighted by Gasteiger charge is -2.16. The summed E-state index contributed by atoms with van der Waals surface area (Å²) in [6.45, 7) is 1.66. The van der Waals surface area contributed by atoms with Gasteiger partial charge in [0, 0.05) is 11.6 Å². The highest BCUT2D eigenvalue weighted by atomic mass is 16.3. The Morgan fingerprint density at radius 2 is 2.00 bits per heavy atom. The van der Waals surface area contributed by atoms with E-state index in [2.05, 4.69) is 0 Å². The SMILES string of the molecule is C[C@@H](N)[C@H](O)c1cccc(N)c1O. The minimum atomic E-state index is -0.886. The first-order chi connectivity index (χ1) is 6.04. The van der Waals surface area contributed by atoms with Crippen molar-refractivity contribution in [2.24, 2.45) is 5.73 Å². The van der Waals surface area contributed by atoms with E-state index in [1.807, 2.05) is 0 Å². The van der Waals surface area contributed by atoms with Crippen molar-refractivity contribution < 1.29 is 10.2 Å². The molecule has 0 aliphatic heterocycles. The lowest BCUT2D eigenvalue weighted by Crippen LogP contribution is -2.24. The van der Waals surface area contributed by atoms with Gasteiger partial charge in [0.1, 0.15) is 5.75 Å². The van der Waals surface area contributed by atoms with Gasteiger partial charge in [0.25, 0.3) is 0 Å². The third-order valence-electron chi connectivity index (χ3n) is 1.92. The van der Waals surface area contributed by atoms with E-state index in [1.54, 1.807) is 25.1 Å². The van der Waals surface area contributed by atoms with Crippen molar-refractivity contribution in [1.29, 1.82) is 0 Å². The minimum Gasteiger partial charge on any atom is -0.505 e. The number of nitrogens with two attached hydrogens (primary N) is 2. The van der Waals surface area contributed by atoms with Crippen LogP contribution in [-0.2, 0) is 0 Å². The zero-order chi connectivity index (χ0) is 10.0. The van der Waals surface area contributed by atoms with E-state index < -0.39 is 12.1 Å². The smallest absolute Gasteiger partial charge is 0.144 e. The van der Waals surface area contributed by atoms with Crippen molar-refractivity contribution in [1.82, 2.24) is 0 Å². The van der Waals surface area contributed by atoms with E-state index in [-0.39, 0.29) is 11.4 Å². The van der Waals surface area contributed by atoms with Gasteiger partial charge in [-0.25, -0.2) is 0 Å². The molecular formula is C9H14N2O2. The average molecular weight is 182 g/mol. The van der Waals surface area contributed by atoms with E-state index in [9.17, 15) is 10.2 Å². The number of hydrogen-bond donors (Lipinski definition) is 4. The number of benzene rings is 1. The van der Waals surface area contributed by atoms with Crippen molar-refractivity contribution in [3.8, 4) is 5.75 Å². The lowest BCUT2D eigenvalue weighted by atomic mass is 10.0. The van der Waals surface area contributed by atoms with Gasteiger partial charge in [0.15, 0.2) is 0 Å². The number of aliphatic hydroxyl groups is 1. The van der Waals surface area contributed by atoms with Gasteiger partial charge in [0.2, 0.25) is 0 Å². The molecule has 1 rings (SSSR count). The van der Waals surface area contributed by atoms with Crippen LogP contribution in [0.2, 0.25) is 0 Å². The molecule has 72 valence electrons. The van der Waals surface area contributed by atoms with E-state index in [0.29, 0.717) is 5.56 Å². The van der Waals surface area contributed by atoms with Crippen LogP contribution in [-0.4, -0.2) is 16.3 Å². The van der Waals surface area contributed by atoms with Gasteiger partial charge < -0.3 is 21.7 Å². The molecule has 2 atom stereocenters. The van der Waals surface area contributed by atoms with Gasteiger partial charge >= 0.3 is 0 Å². The average Bonchev–Trinajstić information content (AvgIpc) is 2.08. The summed E-state index contributed by atoms with van der Waals surface area (Å²) in [4.78, 5) is 0. The molecule has 0 saturated heterocycles. The second-order valence-corrected chi connectivity index (χ2v) is 3.09. The molecule has 0 aliphatic rings. The first-order valence-corrected chi connectivity index (χ1v) is 4.05. The number of aliphatic hydroxyl groups excluding tert-OH is 1. The standard InChI is InChI=1S/C9H14N2O2/c1-5(10)8(12)6-3-2-4-7(11)9(6)13/h2-5,8,12-13H,10-11H2,1H3/t5-,8+/m1/s1. The molecule has 0 radical (unpaired) electrons. The number of aromatic hydroxyl groups is 1. The molecule has 0 spiro atoms. The van der Waals surface area contributed by atoms with E-state index in [0.717, 1.165) is 0 Å². The molecule has 6 N–H and O–H groups in total. The van der Waals surface area contributed by atoms with Gasteiger partial charge in [-0.15, -0.1) is 0 Å². The maximum atomic E-state index is 9.56. The molecule has 0 aromatic heterocycles. The number of nitrogen functional groups attached to an aromatic ring is 1. The predicted molar refractivity (Wildman–Crippen MR) is 51.1 cm³/mol. The monoisotopic (exact) mass is 182 g/mol. The van der Waals surface area contributed by atoms with Crippen LogP contribution in [0.3, 0.4) is 0 Å². The third-order valence-corrected chi connectivity index (χ3v) is 1.92. The molecule has 0 amide bonds. The topological polar surface area (TPSA) is 92.5 Å². The van der Waals surface area contributed by atoms with E-state index in [1.165, 1.54) is 0 Å². The molecule has 1 aromatic rings. The molecule has 4 heteroatoms. The van der Waals surface area contributed by atoms with Crippen LogP contribution in [0.25, 0.3) is 0 Å². The number of phenols is 1. The normalized spacial score (nSPS) is 15.3. The first kappa shape index (κ1) is 9.83. The Labute approximate surface area is 76.8 Å². The number of anilines is 1. The van der Waals surface area contributed by atoms with Crippen molar-refractivity contribution >= 4 is 5.69 Å². The van der Waals surface area contributed by atoms with Gasteiger partial charge in [-0.2, -0.15) is 0 Å². The highest BCUT2D eigenvalue weighted by molar-refractivity contribution is 5.56. The molecule has 1 aromatic carbocycles. The number of rotatable bonds is 2. The highest BCUT2D eigenvalue weighted by Gasteiger charge is 2.17. The summed E-state index contributed by atoms with van der Waals surface area (Å²) < 4.78 is 0.